The van der Waals surface area contributed by atoms with E-state index in [1.54, 1.807) is 25.1 Å². The molecule has 0 radical (unpaired) electrons. The van der Waals surface area contributed by atoms with Crippen molar-refractivity contribution >= 4 is 39.4 Å². The average Bonchev–Trinajstić information content (AvgIpc) is 3.52. The Morgan fingerprint density at radius 1 is 0.738 bits per heavy atom. The molecule has 0 aliphatic rings. The number of thiazole rings is 1. The minimum Gasteiger partial charge on any atom is -0.449 e. The lowest BCUT2D eigenvalue weighted by Gasteiger charge is -2.15. The third-order valence-electron chi connectivity index (χ3n) is 6.71. The molecule has 0 fully saturated rings. The molecule has 0 spiro atoms. The summed E-state index contributed by atoms with van der Waals surface area (Å²) in [7, 11) is 0. The number of hydrogen-bond donors (Lipinski definition) is 1. The van der Waals surface area contributed by atoms with E-state index in [1.165, 1.54) is 11.3 Å². The standard InChI is InChI=1S/C34H26N4O3S/c1-2-29(32(39)38-34-37-28(21-42-34)22-12-6-3-7-13-22)41-33(40)25-18-19-26-27(20-25)36-31(24-16-10-5-11-17-24)30(35-26)23-14-8-4-9-15-23/h3-21,29H,2H2,1H3,(H,37,38,39). The predicted molar refractivity (Wildman–Crippen MR) is 166 cm³/mol. The quantitative estimate of drug-likeness (QED) is 0.189. The number of esters is 1. The second-order valence-corrected chi connectivity index (χ2v) is 10.4. The Bertz CT molecular complexity index is 1860. The maximum absolute atomic E-state index is 13.2. The summed E-state index contributed by atoms with van der Waals surface area (Å²) in [5, 5.41) is 5.10. The molecular weight excluding hydrogens is 544 g/mol. The van der Waals surface area contributed by atoms with E-state index in [-0.39, 0.29) is 5.56 Å². The van der Waals surface area contributed by atoms with E-state index in [2.05, 4.69) is 10.3 Å². The van der Waals surface area contributed by atoms with Gasteiger partial charge in [0.15, 0.2) is 11.2 Å². The van der Waals surface area contributed by atoms with Gasteiger partial charge in [-0.3, -0.25) is 10.1 Å². The zero-order chi connectivity index (χ0) is 28.9. The second kappa shape index (κ2) is 12.1. The molecule has 6 rings (SSSR count). The van der Waals surface area contributed by atoms with Crippen LogP contribution in [-0.2, 0) is 9.53 Å². The van der Waals surface area contributed by atoms with Gasteiger partial charge in [-0.15, -0.1) is 11.3 Å². The summed E-state index contributed by atoms with van der Waals surface area (Å²) < 4.78 is 5.65. The highest BCUT2D eigenvalue weighted by atomic mass is 32.1. The van der Waals surface area contributed by atoms with Crippen LogP contribution in [0.4, 0.5) is 5.13 Å². The van der Waals surface area contributed by atoms with Crippen molar-refractivity contribution in [2.24, 2.45) is 0 Å². The first kappa shape index (κ1) is 27.0. The number of rotatable bonds is 8. The summed E-state index contributed by atoms with van der Waals surface area (Å²) in [6.45, 7) is 1.79. The van der Waals surface area contributed by atoms with Crippen LogP contribution in [0.2, 0.25) is 0 Å². The number of aromatic nitrogens is 3. The zero-order valence-corrected chi connectivity index (χ0v) is 23.5. The van der Waals surface area contributed by atoms with Gasteiger partial charge in [0.1, 0.15) is 0 Å². The molecule has 1 amide bonds. The molecule has 1 N–H and O–H groups in total. The number of hydrogen-bond acceptors (Lipinski definition) is 7. The molecule has 1 atom stereocenters. The number of amides is 1. The number of carbonyl (C=O) groups is 2. The molecule has 0 bridgehead atoms. The first-order valence-electron chi connectivity index (χ1n) is 13.5. The van der Waals surface area contributed by atoms with Crippen molar-refractivity contribution in [3.8, 4) is 33.8 Å². The van der Waals surface area contributed by atoms with Crippen molar-refractivity contribution in [1.29, 1.82) is 0 Å². The van der Waals surface area contributed by atoms with Gasteiger partial charge in [-0.05, 0) is 24.6 Å². The lowest BCUT2D eigenvalue weighted by atomic mass is 10.0. The molecule has 0 aliphatic heterocycles. The second-order valence-electron chi connectivity index (χ2n) is 9.55. The van der Waals surface area contributed by atoms with Gasteiger partial charge >= 0.3 is 5.97 Å². The van der Waals surface area contributed by atoms with Gasteiger partial charge in [-0.1, -0.05) is 97.9 Å². The molecule has 6 aromatic rings. The highest BCUT2D eigenvalue weighted by molar-refractivity contribution is 7.14. The summed E-state index contributed by atoms with van der Waals surface area (Å²) >= 11 is 1.32. The predicted octanol–water partition coefficient (Wildman–Crippen LogP) is 7.66. The highest BCUT2D eigenvalue weighted by Crippen LogP contribution is 2.31. The van der Waals surface area contributed by atoms with Crippen molar-refractivity contribution in [3.63, 3.8) is 0 Å². The van der Waals surface area contributed by atoms with Gasteiger partial charge in [0.25, 0.3) is 5.91 Å². The van der Waals surface area contributed by atoms with Crippen LogP contribution in [0.3, 0.4) is 0 Å². The Kier molecular flexibility index (Phi) is 7.79. The summed E-state index contributed by atoms with van der Waals surface area (Å²) in [4.78, 5) is 40.5. The van der Waals surface area contributed by atoms with Crippen molar-refractivity contribution in [3.05, 3.63) is 120 Å². The Morgan fingerprint density at radius 2 is 1.31 bits per heavy atom. The van der Waals surface area contributed by atoms with Crippen molar-refractivity contribution in [2.45, 2.75) is 19.4 Å². The molecule has 1 unspecified atom stereocenters. The summed E-state index contributed by atoms with van der Waals surface area (Å²) in [5.74, 6) is -1.04. The largest absolute Gasteiger partial charge is 0.449 e. The fourth-order valence-corrected chi connectivity index (χ4v) is 5.28. The van der Waals surface area contributed by atoms with E-state index in [0.29, 0.717) is 28.3 Å². The van der Waals surface area contributed by atoms with Crippen LogP contribution in [0.25, 0.3) is 44.8 Å². The number of ether oxygens (including phenoxy) is 1. The van der Waals surface area contributed by atoms with Crippen molar-refractivity contribution < 1.29 is 14.3 Å². The van der Waals surface area contributed by atoms with Gasteiger partial charge in [-0.25, -0.2) is 19.7 Å². The number of anilines is 1. The van der Waals surface area contributed by atoms with Crippen LogP contribution < -0.4 is 5.32 Å². The van der Waals surface area contributed by atoms with Crippen molar-refractivity contribution in [1.82, 2.24) is 15.0 Å². The monoisotopic (exact) mass is 570 g/mol. The number of nitrogens with one attached hydrogen (secondary N) is 1. The molecular formula is C34H26N4O3S. The number of carbonyl (C=O) groups excluding carboxylic acids is 2. The first-order chi connectivity index (χ1) is 20.6. The molecule has 0 aliphatic carbocycles. The molecule has 2 heterocycles. The zero-order valence-electron chi connectivity index (χ0n) is 22.7. The molecule has 7 nitrogen and oxygen atoms in total. The Hall–Kier alpha value is -5.21. The summed E-state index contributed by atoms with van der Waals surface area (Å²) in [6.07, 6.45) is -0.677. The van der Waals surface area contributed by atoms with E-state index in [0.717, 1.165) is 28.1 Å². The number of fused-ring (bicyclic) bond motifs is 1. The van der Waals surface area contributed by atoms with E-state index in [9.17, 15) is 9.59 Å². The first-order valence-corrected chi connectivity index (χ1v) is 14.4. The van der Waals surface area contributed by atoms with E-state index < -0.39 is 18.0 Å². The molecule has 8 heteroatoms. The molecule has 206 valence electrons. The minimum absolute atomic E-state index is 0.287. The van der Waals surface area contributed by atoms with E-state index in [4.69, 9.17) is 14.7 Å². The lowest BCUT2D eigenvalue weighted by Crippen LogP contribution is -2.32. The van der Waals surface area contributed by atoms with E-state index in [1.807, 2.05) is 96.4 Å². The molecule has 0 saturated heterocycles. The summed E-state index contributed by atoms with van der Waals surface area (Å²) in [5.41, 5.74) is 6.54. The topological polar surface area (TPSA) is 94.1 Å². The van der Waals surface area contributed by atoms with Gasteiger partial charge in [0.2, 0.25) is 0 Å². The van der Waals surface area contributed by atoms with Gasteiger partial charge in [-0.2, -0.15) is 0 Å². The lowest BCUT2D eigenvalue weighted by molar-refractivity contribution is -0.124. The number of nitrogens with zero attached hydrogens (tertiary/aromatic N) is 3. The molecule has 4 aromatic carbocycles. The fourth-order valence-electron chi connectivity index (χ4n) is 4.55. The van der Waals surface area contributed by atoms with Crippen LogP contribution in [0, 0.1) is 0 Å². The average molecular weight is 571 g/mol. The SMILES string of the molecule is CCC(OC(=O)c1ccc2nc(-c3ccccc3)c(-c3ccccc3)nc2c1)C(=O)Nc1nc(-c2ccccc2)cs1. The van der Waals surface area contributed by atoms with Crippen LogP contribution in [-0.4, -0.2) is 32.9 Å². The molecule has 2 aromatic heterocycles. The van der Waals surface area contributed by atoms with Crippen molar-refractivity contribution in [2.75, 3.05) is 5.32 Å². The maximum Gasteiger partial charge on any atom is 0.338 e. The normalized spacial score (nSPS) is 11.6. The summed E-state index contributed by atoms with van der Waals surface area (Å²) in [6, 6.07) is 34.5. The van der Waals surface area contributed by atoms with E-state index >= 15 is 0 Å². The molecule has 42 heavy (non-hydrogen) atoms. The highest BCUT2D eigenvalue weighted by Gasteiger charge is 2.24. The smallest absolute Gasteiger partial charge is 0.338 e. The number of benzene rings is 4. The third kappa shape index (κ3) is 5.80. The van der Waals surface area contributed by atoms with Crippen LogP contribution in [0.5, 0.6) is 0 Å². The Balaban J connectivity index is 1.23. The fraction of sp³-hybridized carbons (Fsp3) is 0.0882. The molecule has 0 saturated carbocycles. The minimum atomic E-state index is -0.983. The van der Waals surface area contributed by atoms with Crippen LogP contribution in [0.1, 0.15) is 23.7 Å². The van der Waals surface area contributed by atoms with Gasteiger partial charge in [0.05, 0.1) is 33.7 Å². The third-order valence-corrected chi connectivity index (χ3v) is 7.47. The van der Waals surface area contributed by atoms with Gasteiger partial charge in [0, 0.05) is 22.1 Å². The maximum atomic E-state index is 13.2. The van der Waals surface area contributed by atoms with Crippen LogP contribution >= 0.6 is 11.3 Å². The Morgan fingerprint density at radius 3 is 1.90 bits per heavy atom. The van der Waals surface area contributed by atoms with Crippen LogP contribution in [0.15, 0.2) is 115 Å². The Labute approximate surface area is 246 Å². The van der Waals surface area contributed by atoms with Gasteiger partial charge < -0.3 is 4.74 Å².